The summed E-state index contributed by atoms with van der Waals surface area (Å²) >= 11 is 1.78. The maximum atomic E-state index is 11.6. The predicted molar refractivity (Wildman–Crippen MR) is 81.1 cm³/mol. The van der Waals surface area contributed by atoms with Gasteiger partial charge in [0.2, 0.25) is 0 Å². The number of hydrogen-bond acceptors (Lipinski definition) is 5. The van der Waals surface area contributed by atoms with Gasteiger partial charge >= 0.3 is 6.09 Å². The van der Waals surface area contributed by atoms with Gasteiger partial charge in [0, 0.05) is 43.0 Å². The lowest BCUT2D eigenvalue weighted by atomic mass is 9.93. The molecule has 1 aromatic heterocycles. The summed E-state index contributed by atoms with van der Waals surface area (Å²) in [7, 11) is 0. The van der Waals surface area contributed by atoms with Gasteiger partial charge in [-0.25, -0.2) is 4.79 Å². The number of hydrogen-bond donors (Lipinski definition) is 2. The van der Waals surface area contributed by atoms with Crippen LogP contribution in [-0.4, -0.2) is 49.8 Å². The maximum Gasteiger partial charge on any atom is 0.407 e. The van der Waals surface area contributed by atoms with E-state index in [1.54, 1.807) is 11.3 Å². The summed E-state index contributed by atoms with van der Waals surface area (Å²) in [6.45, 7) is 5.58. The molecular formula is C14H23N3O2S. The second kappa shape index (κ2) is 7.61. The molecule has 1 aliphatic heterocycles. The highest BCUT2D eigenvalue weighted by molar-refractivity contribution is 7.10. The van der Waals surface area contributed by atoms with E-state index in [0.717, 1.165) is 26.1 Å². The third kappa shape index (κ3) is 4.19. The van der Waals surface area contributed by atoms with Crippen LogP contribution in [0.2, 0.25) is 0 Å². The highest BCUT2D eigenvalue weighted by Crippen LogP contribution is 2.30. The number of ether oxygens (including phenoxy) is 1. The fourth-order valence-corrected chi connectivity index (χ4v) is 3.56. The zero-order valence-electron chi connectivity index (χ0n) is 11.9. The zero-order valence-corrected chi connectivity index (χ0v) is 12.7. The van der Waals surface area contributed by atoms with E-state index < -0.39 is 0 Å². The summed E-state index contributed by atoms with van der Waals surface area (Å²) < 4.78 is 4.98. The van der Waals surface area contributed by atoms with Crippen molar-refractivity contribution in [2.45, 2.75) is 25.3 Å². The second-order valence-corrected chi connectivity index (χ2v) is 6.04. The van der Waals surface area contributed by atoms with Crippen LogP contribution < -0.4 is 11.1 Å². The normalized spacial score (nSPS) is 23.5. The number of nitrogens with two attached hydrogens (primary N) is 1. The van der Waals surface area contributed by atoms with Crippen LogP contribution in [0.1, 0.15) is 24.1 Å². The highest BCUT2D eigenvalue weighted by atomic mass is 32.1. The average molecular weight is 297 g/mol. The minimum atomic E-state index is -0.322. The molecule has 1 aromatic rings. The number of piperidine rings is 1. The Balaban J connectivity index is 1.99. The number of nitrogens with zero attached hydrogens (tertiary/aromatic N) is 1. The summed E-state index contributed by atoms with van der Waals surface area (Å²) in [5, 5.41) is 5.06. The molecule has 5 nitrogen and oxygen atoms in total. The molecule has 0 bridgehead atoms. The molecule has 2 rings (SSSR count). The van der Waals surface area contributed by atoms with Gasteiger partial charge in [0.1, 0.15) is 0 Å². The Morgan fingerprint density at radius 1 is 1.60 bits per heavy atom. The van der Waals surface area contributed by atoms with Crippen molar-refractivity contribution >= 4 is 17.4 Å². The first kappa shape index (κ1) is 15.3. The molecule has 0 saturated carbocycles. The van der Waals surface area contributed by atoms with Crippen LogP contribution >= 0.6 is 11.3 Å². The lowest BCUT2D eigenvalue weighted by Crippen LogP contribution is -2.51. The van der Waals surface area contributed by atoms with Gasteiger partial charge in [-0.05, 0) is 24.8 Å². The Kier molecular flexibility index (Phi) is 5.82. The quantitative estimate of drug-likeness (QED) is 0.866. The summed E-state index contributed by atoms with van der Waals surface area (Å²) in [4.78, 5) is 15.3. The first-order valence-corrected chi connectivity index (χ1v) is 8.00. The number of thiophene rings is 1. The minimum Gasteiger partial charge on any atom is -0.450 e. The van der Waals surface area contributed by atoms with Gasteiger partial charge in [-0.3, -0.25) is 4.90 Å². The monoisotopic (exact) mass is 297 g/mol. The number of alkyl carbamates (subject to hydrolysis) is 1. The molecule has 1 aliphatic rings. The van der Waals surface area contributed by atoms with Crippen LogP contribution in [0.15, 0.2) is 17.5 Å². The lowest BCUT2D eigenvalue weighted by Gasteiger charge is -2.37. The molecule has 0 radical (unpaired) electrons. The van der Waals surface area contributed by atoms with E-state index in [9.17, 15) is 4.79 Å². The highest BCUT2D eigenvalue weighted by Gasteiger charge is 2.29. The molecule has 1 fully saturated rings. The van der Waals surface area contributed by atoms with Crippen molar-refractivity contribution in [3.63, 3.8) is 0 Å². The molecule has 0 spiro atoms. The second-order valence-electron chi connectivity index (χ2n) is 5.06. The van der Waals surface area contributed by atoms with Crippen LogP contribution in [0.4, 0.5) is 4.79 Å². The Bertz CT molecular complexity index is 411. The van der Waals surface area contributed by atoms with E-state index >= 15 is 0 Å². The molecule has 0 aliphatic carbocycles. The average Bonchev–Trinajstić information content (AvgIpc) is 2.93. The summed E-state index contributed by atoms with van der Waals surface area (Å²) in [5.41, 5.74) is 5.67. The third-order valence-electron chi connectivity index (χ3n) is 3.51. The third-order valence-corrected chi connectivity index (χ3v) is 4.55. The zero-order chi connectivity index (χ0) is 14.4. The van der Waals surface area contributed by atoms with E-state index in [1.807, 2.05) is 6.92 Å². The van der Waals surface area contributed by atoms with Crippen molar-refractivity contribution in [3.8, 4) is 0 Å². The van der Waals surface area contributed by atoms with Crippen molar-refractivity contribution in [1.82, 2.24) is 10.2 Å². The molecule has 2 heterocycles. The van der Waals surface area contributed by atoms with Gasteiger partial charge in [-0.15, -0.1) is 11.3 Å². The van der Waals surface area contributed by atoms with Crippen LogP contribution in [0.5, 0.6) is 0 Å². The number of amides is 1. The minimum absolute atomic E-state index is 0.126. The first-order valence-electron chi connectivity index (χ1n) is 7.12. The van der Waals surface area contributed by atoms with Gasteiger partial charge < -0.3 is 15.8 Å². The van der Waals surface area contributed by atoms with Gasteiger partial charge in [-0.1, -0.05) is 6.07 Å². The van der Waals surface area contributed by atoms with Crippen molar-refractivity contribution in [3.05, 3.63) is 22.4 Å². The van der Waals surface area contributed by atoms with Gasteiger partial charge in [-0.2, -0.15) is 0 Å². The first-order chi connectivity index (χ1) is 9.72. The Morgan fingerprint density at radius 3 is 3.10 bits per heavy atom. The largest absolute Gasteiger partial charge is 0.450 e. The maximum absolute atomic E-state index is 11.6. The number of carbonyl (C=O) groups is 1. The van der Waals surface area contributed by atoms with E-state index in [-0.39, 0.29) is 12.1 Å². The van der Waals surface area contributed by atoms with Crippen LogP contribution in [0.25, 0.3) is 0 Å². The molecule has 20 heavy (non-hydrogen) atoms. The number of rotatable bonds is 5. The van der Waals surface area contributed by atoms with Crippen LogP contribution in [-0.2, 0) is 4.74 Å². The Labute approximate surface area is 124 Å². The van der Waals surface area contributed by atoms with Crippen molar-refractivity contribution < 1.29 is 9.53 Å². The fourth-order valence-electron chi connectivity index (χ4n) is 2.73. The number of carbonyl (C=O) groups excluding carboxylic acids is 1. The van der Waals surface area contributed by atoms with E-state index in [2.05, 4.69) is 27.7 Å². The predicted octanol–water partition coefficient (Wildman–Crippen LogP) is 1.61. The van der Waals surface area contributed by atoms with Crippen molar-refractivity contribution in [2.24, 2.45) is 5.73 Å². The fraction of sp³-hybridized carbons (Fsp3) is 0.643. The summed E-state index contributed by atoms with van der Waals surface area (Å²) in [6, 6.07) is 4.37. The van der Waals surface area contributed by atoms with E-state index in [0.29, 0.717) is 19.1 Å². The summed E-state index contributed by atoms with van der Waals surface area (Å²) in [6.07, 6.45) is 0.637. The molecule has 2 atom stereocenters. The molecule has 0 aromatic carbocycles. The van der Waals surface area contributed by atoms with Crippen molar-refractivity contribution in [1.29, 1.82) is 0 Å². The Morgan fingerprint density at radius 2 is 2.45 bits per heavy atom. The lowest BCUT2D eigenvalue weighted by molar-refractivity contribution is 0.130. The Hall–Kier alpha value is -1.11. The van der Waals surface area contributed by atoms with Crippen LogP contribution in [0.3, 0.4) is 0 Å². The molecular weight excluding hydrogens is 274 g/mol. The molecule has 3 N–H and O–H groups in total. The number of nitrogens with one attached hydrogen (secondary N) is 1. The molecule has 1 saturated heterocycles. The SMILES string of the molecule is CCOC(=O)NC1CC(c2cccs2)CN(CCN)C1. The van der Waals surface area contributed by atoms with Crippen molar-refractivity contribution in [2.75, 3.05) is 32.8 Å². The molecule has 112 valence electrons. The topological polar surface area (TPSA) is 67.6 Å². The molecule has 2 unspecified atom stereocenters. The van der Waals surface area contributed by atoms with E-state index in [1.165, 1.54) is 4.88 Å². The van der Waals surface area contributed by atoms with Gasteiger partial charge in [0.25, 0.3) is 0 Å². The standard InChI is InChI=1S/C14H23N3O2S/c1-2-19-14(18)16-12-8-11(13-4-3-7-20-13)9-17(10-12)6-5-15/h3-4,7,11-12H,2,5-6,8-10,15H2,1H3,(H,16,18). The number of likely N-dealkylation sites (tertiary alicyclic amines) is 1. The van der Waals surface area contributed by atoms with Crippen LogP contribution in [0, 0.1) is 0 Å². The van der Waals surface area contributed by atoms with Gasteiger partial charge in [0.15, 0.2) is 0 Å². The van der Waals surface area contributed by atoms with E-state index in [4.69, 9.17) is 10.5 Å². The smallest absolute Gasteiger partial charge is 0.407 e. The molecule has 1 amide bonds. The molecule has 6 heteroatoms. The summed E-state index contributed by atoms with van der Waals surface area (Å²) in [5.74, 6) is 0.460. The van der Waals surface area contributed by atoms with Gasteiger partial charge in [0.05, 0.1) is 6.61 Å².